The van der Waals surface area contributed by atoms with Crippen LogP contribution >= 0.6 is 0 Å². The van der Waals surface area contributed by atoms with Crippen molar-refractivity contribution in [2.75, 3.05) is 0 Å². The number of halogens is 3. The van der Waals surface area contributed by atoms with Crippen LogP contribution in [0.4, 0.5) is 13.2 Å². The number of benzene rings is 2. The fourth-order valence-electron chi connectivity index (χ4n) is 1.51. The molecule has 0 heterocycles. The molecule has 1 N–H and O–H groups in total. The molecule has 0 spiro atoms. The predicted molar refractivity (Wildman–Crippen MR) is 57.4 cm³/mol. The van der Waals surface area contributed by atoms with Gasteiger partial charge in [-0.25, -0.2) is 0 Å². The average molecular weight is 237 g/mol. The van der Waals surface area contributed by atoms with E-state index in [0.717, 1.165) is 12.1 Å². The van der Waals surface area contributed by atoms with Crippen molar-refractivity contribution in [1.82, 2.24) is 0 Å². The number of alkyl halides is 3. The van der Waals surface area contributed by atoms with Gasteiger partial charge >= 0.3 is 6.18 Å². The lowest BCUT2D eigenvalue weighted by molar-refractivity contribution is -0.137. The molecule has 0 unspecified atom stereocenters. The van der Waals surface area contributed by atoms with Gasteiger partial charge in [-0.3, -0.25) is 0 Å². The maximum atomic E-state index is 12.5. The number of phenols is 1. The van der Waals surface area contributed by atoms with E-state index < -0.39 is 11.7 Å². The molecule has 0 bridgehead atoms. The van der Waals surface area contributed by atoms with Crippen LogP contribution in [0.25, 0.3) is 11.1 Å². The number of hydrogen-bond donors (Lipinski definition) is 1. The van der Waals surface area contributed by atoms with Crippen molar-refractivity contribution in [2.24, 2.45) is 0 Å². The number of rotatable bonds is 1. The highest BCUT2D eigenvalue weighted by Crippen LogP contribution is 2.34. The van der Waals surface area contributed by atoms with Gasteiger partial charge in [0.25, 0.3) is 0 Å². The summed E-state index contributed by atoms with van der Waals surface area (Å²) in [6, 6.07) is 12.0. The van der Waals surface area contributed by atoms with Crippen LogP contribution in [0.2, 0.25) is 0 Å². The minimum absolute atomic E-state index is 0.0909. The summed E-state index contributed by atoms with van der Waals surface area (Å²) in [6.07, 6.45) is -4.39. The van der Waals surface area contributed by atoms with E-state index >= 15 is 0 Å². The normalized spacial score (nSPS) is 11.5. The third-order valence-electron chi connectivity index (χ3n) is 2.31. The lowest BCUT2D eigenvalue weighted by atomic mass is 10.0. The first kappa shape index (κ1) is 11.5. The topological polar surface area (TPSA) is 20.2 Å². The predicted octanol–water partition coefficient (Wildman–Crippen LogP) is 3.88. The molecule has 0 aliphatic heterocycles. The molecule has 1 nitrogen and oxygen atoms in total. The van der Waals surface area contributed by atoms with Crippen LogP contribution in [0.15, 0.2) is 42.5 Å². The molecule has 0 amide bonds. The second-order valence-electron chi connectivity index (χ2n) is 3.51. The fraction of sp³-hybridized carbons (Fsp3) is 0.0769. The Kier molecular flexibility index (Phi) is 2.79. The second kappa shape index (κ2) is 4.13. The molecule has 0 saturated heterocycles. The highest BCUT2D eigenvalue weighted by Gasteiger charge is 2.30. The molecule has 17 heavy (non-hydrogen) atoms. The van der Waals surface area contributed by atoms with Crippen molar-refractivity contribution in [2.45, 2.75) is 6.18 Å². The maximum absolute atomic E-state index is 12.5. The summed E-state index contributed by atoms with van der Waals surface area (Å²) in [7, 11) is 0. The number of aromatic hydroxyl groups is 1. The first-order valence-corrected chi connectivity index (χ1v) is 4.86. The Morgan fingerprint density at radius 1 is 1.06 bits per heavy atom. The summed E-state index contributed by atoms with van der Waals surface area (Å²) in [5, 5.41) is 9.55. The Morgan fingerprint density at radius 3 is 2.47 bits per heavy atom. The van der Waals surface area contributed by atoms with Gasteiger partial charge < -0.3 is 5.11 Å². The molecule has 1 radical (unpaired) electrons. The fourth-order valence-corrected chi connectivity index (χ4v) is 1.51. The van der Waals surface area contributed by atoms with Crippen LogP contribution in [0.1, 0.15) is 5.56 Å². The van der Waals surface area contributed by atoms with Crippen LogP contribution in [0, 0.1) is 6.07 Å². The van der Waals surface area contributed by atoms with Gasteiger partial charge in [0.2, 0.25) is 0 Å². The molecule has 2 rings (SSSR count). The SMILES string of the molecule is Oc1ccc[c]c1-c1cccc(C(F)(F)F)c1. The Hall–Kier alpha value is -1.97. The van der Waals surface area contributed by atoms with Gasteiger partial charge in [-0.2, -0.15) is 13.2 Å². The van der Waals surface area contributed by atoms with Crippen LogP contribution < -0.4 is 0 Å². The molecule has 0 aliphatic rings. The lowest BCUT2D eigenvalue weighted by Gasteiger charge is -2.09. The number of hydrogen-bond acceptors (Lipinski definition) is 1. The van der Waals surface area contributed by atoms with E-state index in [1.165, 1.54) is 24.3 Å². The van der Waals surface area contributed by atoms with Crippen LogP contribution in [-0.2, 0) is 6.18 Å². The molecule has 0 atom stereocenters. The maximum Gasteiger partial charge on any atom is 0.416 e. The van der Waals surface area contributed by atoms with Crippen molar-refractivity contribution in [1.29, 1.82) is 0 Å². The van der Waals surface area contributed by atoms with Gasteiger partial charge in [-0.1, -0.05) is 24.3 Å². The van der Waals surface area contributed by atoms with E-state index in [9.17, 15) is 18.3 Å². The monoisotopic (exact) mass is 237 g/mol. The third kappa shape index (κ3) is 2.41. The van der Waals surface area contributed by atoms with Gasteiger partial charge in [0.1, 0.15) is 5.75 Å². The van der Waals surface area contributed by atoms with Crippen molar-refractivity contribution in [3.05, 3.63) is 54.1 Å². The van der Waals surface area contributed by atoms with Crippen molar-refractivity contribution >= 4 is 0 Å². The molecule has 0 aliphatic carbocycles. The summed E-state index contributed by atoms with van der Waals surface area (Å²) < 4.78 is 37.5. The van der Waals surface area contributed by atoms with E-state index in [2.05, 4.69) is 6.07 Å². The average Bonchev–Trinajstić information content (AvgIpc) is 2.29. The standard InChI is InChI=1S/C13H8F3O/c14-13(15,16)10-5-3-4-9(8-10)11-6-1-2-7-12(11)17/h1-5,7-8,17H. The summed E-state index contributed by atoms with van der Waals surface area (Å²) >= 11 is 0. The molecule has 2 aromatic rings. The zero-order chi connectivity index (χ0) is 12.5. The molecular formula is C13H8F3O. The molecule has 87 valence electrons. The molecule has 0 fully saturated rings. The first-order chi connectivity index (χ1) is 7.98. The summed E-state index contributed by atoms with van der Waals surface area (Å²) in [4.78, 5) is 0. The Bertz CT molecular complexity index is 532. The zero-order valence-corrected chi connectivity index (χ0v) is 8.62. The Morgan fingerprint density at radius 2 is 1.82 bits per heavy atom. The van der Waals surface area contributed by atoms with Gasteiger partial charge in [0.15, 0.2) is 0 Å². The van der Waals surface area contributed by atoms with E-state index in [-0.39, 0.29) is 16.9 Å². The van der Waals surface area contributed by atoms with Gasteiger partial charge in [-0.05, 0) is 29.8 Å². The summed E-state index contributed by atoms with van der Waals surface area (Å²) in [6.45, 7) is 0. The largest absolute Gasteiger partial charge is 0.507 e. The summed E-state index contributed by atoms with van der Waals surface area (Å²) in [5.74, 6) is -0.0909. The Labute approximate surface area is 96.1 Å². The van der Waals surface area contributed by atoms with Gasteiger partial charge in [0, 0.05) is 5.56 Å². The quantitative estimate of drug-likeness (QED) is 0.798. The van der Waals surface area contributed by atoms with Gasteiger partial charge in [-0.15, -0.1) is 0 Å². The van der Waals surface area contributed by atoms with Crippen molar-refractivity contribution in [3.63, 3.8) is 0 Å². The molecule has 0 aromatic heterocycles. The highest BCUT2D eigenvalue weighted by atomic mass is 19.4. The van der Waals surface area contributed by atoms with Crippen LogP contribution in [0.3, 0.4) is 0 Å². The minimum atomic E-state index is -4.39. The van der Waals surface area contributed by atoms with E-state index in [4.69, 9.17) is 0 Å². The second-order valence-corrected chi connectivity index (χ2v) is 3.51. The molecular weight excluding hydrogens is 229 g/mol. The lowest BCUT2D eigenvalue weighted by Crippen LogP contribution is -2.04. The smallest absolute Gasteiger partial charge is 0.416 e. The van der Waals surface area contributed by atoms with Crippen LogP contribution in [-0.4, -0.2) is 5.11 Å². The van der Waals surface area contributed by atoms with Crippen LogP contribution in [0.5, 0.6) is 5.75 Å². The number of phenolic OH excluding ortho intramolecular Hbond substituents is 1. The third-order valence-corrected chi connectivity index (χ3v) is 2.31. The van der Waals surface area contributed by atoms with E-state index in [1.807, 2.05) is 0 Å². The van der Waals surface area contributed by atoms with Crippen molar-refractivity contribution < 1.29 is 18.3 Å². The molecule has 2 aromatic carbocycles. The summed E-state index contributed by atoms with van der Waals surface area (Å²) in [5.41, 5.74) is -0.192. The molecule has 0 saturated carbocycles. The van der Waals surface area contributed by atoms with Crippen molar-refractivity contribution in [3.8, 4) is 16.9 Å². The van der Waals surface area contributed by atoms with E-state index in [0.29, 0.717) is 0 Å². The molecule has 4 heteroatoms. The zero-order valence-electron chi connectivity index (χ0n) is 8.62. The van der Waals surface area contributed by atoms with E-state index in [1.54, 1.807) is 6.07 Å². The Balaban J connectivity index is 2.51. The minimum Gasteiger partial charge on any atom is -0.507 e. The first-order valence-electron chi connectivity index (χ1n) is 4.86. The van der Waals surface area contributed by atoms with Gasteiger partial charge in [0.05, 0.1) is 5.56 Å². The highest BCUT2D eigenvalue weighted by molar-refractivity contribution is 5.69.